The summed E-state index contributed by atoms with van der Waals surface area (Å²) in [5, 5.41) is 2.74. The van der Waals surface area contributed by atoms with Crippen molar-refractivity contribution in [2.75, 3.05) is 11.9 Å². The molecule has 0 fully saturated rings. The molecule has 2 aliphatic heterocycles. The predicted molar refractivity (Wildman–Crippen MR) is 90.8 cm³/mol. The maximum Gasteiger partial charge on any atom is 0.331 e. The van der Waals surface area contributed by atoms with Crippen molar-refractivity contribution >= 4 is 29.4 Å². The molecule has 0 bridgehead atoms. The van der Waals surface area contributed by atoms with Crippen LogP contribution in [-0.2, 0) is 16.0 Å². The van der Waals surface area contributed by atoms with Crippen molar-refractivity contribution in [2.24, 2.45) is 0 Å². The van der Waals surface area contributed by atoms with Crippen LogP contribution >= 0.6 is 0 Å². The van der Waals surface area contributed by atoms with E-state index in [-0.39, 0.29) is 17.0 Å². The van der Waals surface area contributed by atoms with Crippen LogP contribution in [-0.4, -0.2) is 35.1 Å². The van der Waals surface area contributed by atoms with E-state index in [0.29, 0.717) is 24.3 Å². The van der Waals surface area contributed by atoms with Crippen molar-refractivity contribution in [3.8, 4) is 5.75 Å². The topological polar surface area (TPSA) is 92.8 Å². The molecule has 2 aromatic carbocycles. The molecule has 130 valence electrons. The summed E-state index contributed by atoms with van der Waals surface area (Å²) < 4.78 is 5.27. The zero-order valence-corrected chi connectivity index (χ0v) is 13.7. The van der Waals surface area contributed by atoms with Gasteiger partial charge in [0.15, 0.2) is 0 Å². The van der Waals surface area contributed by atoms with E-state index < -0.39 is 24.3 Å². The average molecular weight is 350 g/mol. The first-order valence-electron chi connectivity index (χ1n) is 8.11. The Hall–Kier alpha value is -3.48. The first-order valence-corrected chi connectivity index (χ1v) is 8.11. The Balaban J connectivity index is 1.46. The molecule has 0 saturated carbocycles. The summed E-state index contributed by atoms with van der Waals surface area (Å²) >= 11 is 0. The molecule has 2 aliphatic rings. The summed E-state index contributed by atoms with van der Waals surface area (Å²) in [7, 11) is 0. The number of nitrogens with zero attached hydrogens (tertiary/aromatic N) is 1. The summed E-state index contributed by atoms with van der Waals surface area (Å²) in [6.45, 7) is -0.458. The van der Waals surface area contributed by atoms with E-state index in [1.54, 1.807) is 42.5 Å². The molecule has 0 atom stereocenters. The maximum atomic E-state index is 12.3. The van der Waals surface area contributed by atoms with Gasteiger partial charge >= 0.3 is 5.97 Å². The van der Waals surface area contributed by atoms with Gasteiger partial charge in [-0.25, -0.2) is 4.79 Å². The minimum Gasteiger partial charge on any atom is -0.425 e. The third kappa shape index (κ3) is 2.73. The smallest absolute Gasteiger partial charge is 0.331 e. The highest BCUT2D eigenvalue weighted by molar-refractivity contribution is 6.22. The van der Waals surface area contributed by atoms with Crippen molar-refractivity contribution in [2.45, 2.75) is 12.8 Å². The number of benzene rings is 2. The van der Waals surface area contributed by atoms with Crippen LogP contribution in [0.3, 0.4) is 0 Å². The lowest BCUT2D eigenvalue weighted by molar-refractivity contribution is -0.134. The quantitative estimate of drug-likeness (QED) is 0.517. The van der Waals surface area contributed by atoms with E-state index in [1.807, 2.05) is 0 Å². The van der Waals surface area contributed by atoms with Gasteiger partial charge in [0.1, 0.15) is 12.3 Å². The van der Waals surface area contributed by atoms with Crippen LogP contribution in [0.15, 0.2) is 42.5 Å². The monoisotopic (exact) mass is 350 g/mol. The Morgan fingerprint density at radius 2 is 1.69 bits per heavy atom. The number of ether oxygens (including phenoxy) is 1. The number of carbonyl (C=O) groups is 4. The molecule has 0 aromatic heterocycles. The fraction of sp³-hybridized carbons (Fsp3) is 0.158. The average Bonchev–Trinajstić information content (AvgIpc) is 2.87. The van der Waals surface area contributed by atoms with Crippen LogP contribution in [0.5, 0.6) is 5.75 Å². The van der Waals surface area contributed by atoms with Gasteiger partial charge < -0.3 is 10.1 Å². The van der Waals surface area contributed by atoms with Gasteiger partial charge in [-0.3, -0.25) is 19.3 Å². The van der Waals surface area contributed by atoms with Gasteiger partial charge in [0, 0.05) is 12.1 Å². The van der Waals surface area contributed by atoms with Crippen molar-refractivity contribution in [1.29, 1.82) is 0 Å². The third-order valence-corrected chi connectivity index (χ3v) is 4.37. The second-order valence-corrected chi connectivity index (χ2v) is 6.08. The molecule has 0 spiro atoms. The molecular formula is C19H14N2O5. The van der Waals surface area contributed by atoms with Crippen LogP contribution in [0.25, 0.3) is 0 Å². The number of imide groups is 1. The van der Waals surface area contributed by atoms with E-state index >= 15 is 0 Å². The standard InChI is InChI=1S/C19H14N2O5/c22-16-8-5-11-9-12(6-7-15(11)20-16)26-17(23)10-21-18(24)13-3-1-2-4-14(13)19(21)25/h1-4,6-7,9H,5,8,10H2,(H,20,22). The SMILES string of the molecule is O=C1CCc2cc(OC(=O)CN3C(=O)c4ccccc4C3=O)ccc2N1. The Labute approximate surface area is 148 Å². The number of esters is 1. The van der Waals surface area contributed by atoms with Gasteiger partial charge in [-0.1, -0.05) is 12.1 Å². The fourth-order valence-corrected chi connectivity index (χ4v) is 3.10. The highest BCUT2D eigenvalue weighted by atomic mass is 16.5. The number of fused-ring (bicyclic) bond motifs is 2. The van der Waals surface area contributed by atoms with Gasteiger partial charge in [-0.05, 0) is 42.3 Å². The molecule has 0 saturated heterocycles. The van der Waals surface area contributed by atoms with E-state index in [4.69, 9.17) is 4.74 Å². The van der Waals surface area contributed by atoms with Crippen LogP contribution in [0.4, 0.5) is 5.69 Å². The summed E-state index contributed by atoms with van der Waals surface area (Å²) in [6, 6.07) is 11.3. The molecule has 2 aromatic rings. The molecule has 4 rings (SSSR count). The fourth-order valence-electron chi connectivity index (χ4n) is 3.10. The Morgan fingerprint density at radius 3 is 2.38 bits per heavy atom. The molecule has 7 nitrogen and oxygen atoms in total. The highest BCUT2D eigenvalue weighted by Gasteiger charge is 2.36. The molecule has 0 unspecified atom stereocenters. The summed E-state index contributed by atoms with van der Waals surface area (Å²) in [6.07, 6.45) is 0.935. The lowest BCUT2D eigenvalue weighted by Crippen LogP contribution is -2.36. The summed E-state index contributed by atoms with van der Waals surface area (Å²) in [4.78, 5) is 49.0. The highest BCUT2D eigenvalue weighted by Crippen LogP contribution is 2.27. The number of aryl methyl sites for hydroxylation is 1. The lowest BCUT2D eigenvalue weighted by Gasteiger charge is -2.18. The largest absolute Gasteiger partial charge is 0.425 e. The van der Waals surface area contributed by atoms with Gasteiger partial charge in [0.25, 0.3) is 11.8 Å². The number of nitrogens with one attached hydrogen (secondary N) is 1. The van der Waals surface area contributed by atoms with Gasteiger partial charge in [-0.15, -0.1) is 0 Å². The Kier molecular flexibility index (Phi) is 3.76. The second-order valence-electron chi connectivity index (χ2n) is 6.08. The molecule has 0 aliphatic carbocycles. The maximum absolute atomic E-state index is 12.3. The summed E-state index contributed by atoms with van der Waals surface area (Å²) in [5.41, 5.74) is 2.14. The molecule has 7 heteroatoms. The number of hydrogen-bond donors (Lipinski definition) is 1. The first-order chi connectivity index (χ1) is 12.5. The molecular weight excluding hydrogens is 336 g/mol. The first kappa shape index (κ1) is 16.0. The Morgan fingerprint density at radius 1 is 1.00 bits per heavy atom. The zero-order valence-electron chi connectivity index (χ0n) is 13.7. The van der Waals surface area contributed by atoms with Crippen LogP contribution in [0.2, 0.25) is 0 Å². The van der Waals surface area contributed by atoms with Gasteiger partial charge in [0.05, 0.1) is 11.1 Å². The second kappa shape index (κ2) is 6.11. The van der Waals surface area contributed by atoms with Gasteiger partial charge in [0.2, 0.25) is 5.91 Å². The molecule has 2 heterocycles. The molecule has 26 heavy (non-hydrogen) atoms. The van der Waals surface area contributed by atoms with E-state index in [0.717, 1.165) is 10.5 Å². The van der Waals surface area contributed by atoms with E-state index in [9.17, 15) is 19.2 Å². The van der Waals surface area contributed by atoms with Crippen molar-refractivity contribution in [1.82, 2.24) is 4.90 Å². The van der Waals surface area contributed by atoms with E-state index in [2.05, 4.69) is 5.32 Å². The number of carbonyl (C=O) groups excluding carboxylic acids is 4. The number of rotatable bonds is 3. The molecule has 0 radical (unpaired) electrons. The van der Waals surface area contributed by atoms with Crippen LogP contribution in [0.1, 0.15) is 32.7 Å². The lowest BCUT2D eigenvalue weighted by atomic mass is 10.0. The van der Waals surface area contributed by atoms with Crippen molar-refractivity contribution in [3.05, 3.63) is 59.2 Å². The Bertz CT molecular complexity index is 931. The number of hydrogen-bond acceptors (Lipinski definition) is 5. The third-order valence-electron chi connectivity index (χ3n) is 4.37. The molecule has 3 amide bonds. The van der Waals surface area contributed by atoms with Crippen LogP contribution in [0, 0.1) is 0 Å². The molecule has 1 N–H and O–H groups in total. The minimum absolute atomic E-state index is 0.0483. The van der Waals surface area contributed by atoms with Crippen molar-refractivity contribution in [3.63, 3.8) is 0 Å². The predicted octanol–water partition coefficient (Wildman–Crippen LogP) is 1.77. The van der Waals surface area contributed by atoms with Crippen LogP contribution < -0.4 is 10.1 Å². The van der Waals surface area contributed by atoms with E-state index in [1.165, 1.54) is 0 Å². The minimum atomic E-state index is -0.709. The number of amides is 3. The summed E-state index contributed by atoms with van der Waals surface area (Å²) in [5.74, 6) is -1.46. The van der Waals surface area contributed by atoms with Crippen molar-refractivity contribution < 1.29 is 23.9 Å². The zero-order chi connectivity index (χ0) is 18.3. The normalized spacial score (nSPS) is 15.4. The van der Waals surface area contributed by atoms with Gasteiger partial charge in [-0.2, -0.15) is 0 Å². The number of anilines is 1.